The maximum atomic E-state index is 10.3. The second-order valence-corrected chi connectivity index (χ2v) is 4.05. The van der Waals surface area contributed by atoms with E-state index in [4.69, 9.17) is 10.8 Å². The number of carboxylic acids is 1. The molecule has 0 radical (unpaired) electrons. The highest BCUT2D eigenvalue weighted by molar-refractivity contribution is 7.13. The highest BCUT2D eigenvalue weighted by Gasteiger charge is 2.03. The molecule has 1 unspecified atom stereocenters. The molecule has 1 aromatic carbocycles. The zero-order chi connectivity index (χ0) is 12.0. The van der Waals surface area contributed by atoms with E-state index in [0.717, 1.165) is 13.1 Å². The van der Waals surface area contributed by atoms with Crippen molar-refractivity contribution in [1.82, 2.24) is 4.67 Å². The molecule has 5 heteroatoms. The van der Waals surface area contributed by atoms with Crippen molar-refractivity contribution in [2.24, 2.45) is 0 Å². The van der Waals surface area contributed by atoms with E-state index >= 15 is 0 Å². The Morgan fingerprint density at radius 3 is 2.19 bits per heavy atom. The van der Waals surface area contributed by atoms with E-state index in [1.165, 1.54) is 6.07 Å². The molecule has 1 aromatic rings. The lowest BCUT2D eigenvalue weighted by atomic mass is 10.2. The van der Waals surface area contributed by atoms with Crippen LogP contribution in [0, 0.1) is 0 Å². The topological polar surface area (TPSA) is 66.6 Å². The number of aromatic carboxylic acids is 1. The molecule has 0 aromatic heterocycles. The lowest BCUT2D eigenvalue weighted by Crippen LogP contribution is -2.02. The highest BCUT2D eigenvalue weighted by atomic mass is 31.0. The Hall–Kier alpha value is -1.38. The van der Waals surface area contributed by atoms with Crippen LogP contribution in [0.2, 0.25) is 0 Å². The lowest BCUT2D eigenvalue weighted by Gasteiger charge is -2.01. The van der Waals surface area contributed by atoms with Crippen LogP contribution in [0.1, 0.15) is 10.4 Å². The average molecular weight is 238 g/mol. The standard InChI is InChI=1S/C7H7NO2.C4H8NP/c8-6-4-2-1-3-5(6)7(9)10;6-5-3-1-2-4-5/h1-4H,8H2,(H,9,10);1-2H,3-4,6H2. The van der Waals surface area contributed by atoms with Gasteiger partial charge in [-0.3, -0.25) is 4.67 Å². The Balaban J connectivity index is 0.000000181. The van der Waals surface area contributed by atoms with Gasteiger partial charge in [-0.1, -0.05) is 33.7 Å². The predicted molar refractivity (Wildman–Crippen MR) is 68.2 cm³/mol. The molecule has 3 N–H and O–H groups in total. The molecule has 16 heavy (non-hydrogen) atoms. The fraction of sp³-hybridized carbons (Fsp3) is 0.182. The number of nitrogens with zero attached hydrogens (tertiary/aromatic N) is 1. The molecule has 1 aliphatic heterocycles. The summed E-state index contributed by atoms with van der Waals surface area (Å²) in [5.74, 6) is -0.988. The van der Waals surface area contributed by atoms with Gasteiger partial charge in [-0.25, -0.2) is 4.79 Å². The van der Waals surface area contributed by atoms with Crippen molar-refractivity contribution in [2.75, 3.05) is 18.8 Å². The monoisotopic (exact) mass is 238 g/mol. The SMILES string of the molecule is Nc1ccccc1C(=O)O.PN1CC=CC1. The Bertz CT molecular complexity index is 385. The first kappa shape index (κ1) is 12.7. The number of nitrogen functional groups attached to an aromatic ring is 1. The van der Waals surface area contributed by atoms with Gasteiger partial charge in [0, 0.05) is 18.8 Å². The molecular weight excluding hydrogens is 223 g/mol. The zero-order valence-corrected chi connectivity index (χ0v) is 9.99. The maximum absolute atomic E-state index is 10.3. The van der Waals surface area contributed by atoms with Gasteiger partial charge in [0.15, 0.2) is 0 Å². The third-order valence-corrected chi connectivity index (χ3v) is 2.46. The van der Waals surface area contributed by atoms with Gasteiger partial charge in [-0.05, 0) is 12.1 Å². The van der Waals surface area contributed by atoms with Crippen molar-refractivity contribution in [3.8, 4) is 0 Å². The molecular formula is C11H15N2O2P. The molecule has 4 nitrogen and oxygen atoms in total. The highest BCUT2D eigenvalue weighted by Crippen LogP contribution is 2.09. The Labute approximate surface area is 97.0 Å². The first-order valence-electron chi connectivity index (χ1n) is 4.83. The summed E-state index contributed by atoms with van der Waals surface area (Å²) in [5.41, 5.74) is 5.80. The molecule has 0 amide bonds. The third kappa shape index (κ3) is 4.01. The van der Waals surface area contributed by atoms with Crippen LogP contribution in [0.3, 0.4) is 0 Å². The average Bonchev–Trinajstić information content (AvgIpc) is 2.70. The van der Waals surface area contributed by atoms with Gasteiger partial charge in [0.25, 0.3) is 0 Å². The summed E-state index contributed by atoms with van der Waals surface area (Å²) in [6, 6.07) is 6.36. The van der Waals surface area contributed by atoms with Crippen molar-refractivity contribution in [2.45, 2.75) is 0 Å². The summed E-state index contributed by atoms with van der Waals surface area (Å²) in [4.78, 5) is 10.3. The van der Waals surface area contributed by atoms with Crippen molar-refractivity contribution in [3.05, 3.63) is 42.0 Å². The minimum atomic E-state index is -0.988. The number of para-hydroxylation sites is 1. The van der Waals surface area contributed by atoms with Crippen LogP contribution in [-0.2, 0) is 0 Å². The predicted octanol–water partition coefficient (Wildman–Crippen LogP) is 1.62. The van der Waals surface area contributed by atoms with E-state index in [9.17, 15) is 4.79 Å². The van der Waals surface area contributed by atoms with Crippen molar-refractivity contribution >= 4 is 21.0 Å². The molecule has 1 atom stereocenters. The smallest absolute Gasteiger partial charge is 0.337 e. The molecule has 0 bridgehead atoms. The quantitative estimate of drug-likeness (QED) is 0.443. The summed E-state index contributed by atoms with van der Waals surface area (Å²) in [5, 5.41) is 8.49. The minimum absolute atomic E-state index is 0.155. The van der Waals surface area contributed by atoms with E-state index in [-0.39, 0.29) is 5.56 Å². The van der Waals surface area contributed by atoms with E-state index in [2.05, 4.69) is 26.2 Å². The first-order valence-corrected chi connectivity index (χ1v) is 5.35. The number of carboxylic acid groups (broad SMARTS) is 1. The fourth-order valence-corrected chi connectivity index (χ4v) is 1.43. The summed E-state index contributed by atoms with van der Waals surface area (Å²) in [6.45, 7) is 2.20. The van der Waals surface area contributed by atoms with Crippen LogP contribution >= 0.6 is 9.39 Å². The lowest BCUT2D eigenvalue weighted by molar-refractivity contribution is 0.0698. The normalized spacial score (nSPS) is 14.3. The summed E-state index contributed by atoms with van der Waals surface area (Å²) in [7, 11) is 2.64. The summed E-state index contributed by atoms with van der Waals surface area (Å²) in [6.07, 6.45) is 4.32. The number of anilines is 1. The fourth-order valence-electron chi connectivity index (χ4n) is 1.19. The summed E-state index contributed by atoms with van der Waals surface area (Å²) < 4.78 is 2.17. The molecule has 1 aliphatic rings. The number of benzene rings is 1. The molecule has 86 valence electrons. The van der Waals surface area contributed by atoms with E-state index < -0.39 is 5.97 Å². The van der Waals surface area contributed by atoms with Crippen LogP contribution in [0.4, 0.5) is 5.69 Å². The second kappa shape index (κ2) is 6.26. The molecule has 0 aliphatic carbocycles. The Morgan fingerprint density at radius 2 is 1.88 bits per heavy atom. The third-order valence-electron chi connectivity index (χ3n) is 2.04. The maximum Gasteiger partial charge on any atom is 0.337 e. The van der Waals surface area contributed by atoms with Crippen molar-refractivity contribution < 1.29 is 9.90 Å². The van der Waals surface area contributed by atoms with Gasteiger partial charge < -0.3 is 10.8 Å². The van der Waals surface area contributed by atoms with Gasteiger partial charge in [0.05, 0.1) is 5.56 Å². The van der Waals surface area contributed by atoms with Crippen LogP contribution in [0.25, 0.3) is 0 Å². The van der Waals surface area contributed by atoms with Gasteiger partial charge in [0.1, 0.15) is 0 Å². The molecule has 2 rings (SSSR count). The van der Waals surface area contributed by atoms with Crippen LogP contribution in [0.5, 0.6) is 0 Å². The van der Waals surface area contributed by atoms with Gasteiger partial charge >= 0.3 is 5.97 Å². The first-order chi connectivity index (χ1) is 7.61. The van der Waals surface area contributed by atoms with Crippen molar-refractivity contribution in [3.63, 3.8) is 0 Å². The molecule has 0 spiro atoms. The van der Waals surface area contributed by atoms with E-state index in [0.29, 0.717) is 5.69 Å². The minimum Gasteiger partial charge on any atom is -0.478 e. The molecule has 1 heterocycles. The van der Waals surface area contributed by atoms with E-state index in [1.807, 2.05) is 0 Å². The number of hydrogen-bond donors (Lipinski definition) is 2. The van der Waals surface area contributed by atoms with Crippen LogP contribution < -0.4 is 5.73 Å². The van der Waals surface area contributed by atoms with Crippen molar-refractivity contribution in [1.29, 1.82) is 0 Å². The largest absolute Gasteiger partial charge is 0.478 e. The van der Waals surface area contributed by atoms with Crippen LogP contribution in [0.15, 0.2) is 36.4 Å². The number of carbonyl (C=O) groups is 1. The van der Waals surface area contributed by atoms with Gasteiger partial charge in [0.2, 0.25) is 0 Å². The zero-order valence-electron chi connectivity index (χ0n) is 8.84. The Morgan fingerprint density at radius 1 is 1.31 bits per heavy atom. The number of nitrogens with two attached hydrogens (primary N) is 1. The van der Waals surface area contributed by atoms with Gasteiger partial charge in [-0.15, -0.1) is 0 Å². The molecule has 0 saturated carbocycles. The number of rotatable bonds is 1. The Kier molecular flexibility index (Phi) is 4.96. The number of hydrogen-bond acceptors (Lipinski definition) is 3. The molecule has 0 saturated heterocycles. The second-order valence-electron chi connectivity index (χ2n) is 3.32. The van der Waals surface area contributed by atoms with Gasteiger partial charge in [-0.2, -0.15) is 0 Å². The molecule has 0 fully saturated rings. The summed E-state index contributed by atoms with van der Waals surface area (Å²) >= 11 is 0. The van der Waals surface area contributed by atoms with E-state index in [1.54, 1.807) is 18.2 Å². The van der Waals surface area contributed by atoms with Crippen LogP contribution in [-0.4, -0.2) is 28.8 Å².